The maximum absolute atomic E-state index is 5.37. The smallest absolute Gasteiger partial charge is 0.0637 e. The number of thioether (sulfide) groups is 1. The van der Waals surface area contributed by atoms with Gasteiger partial charge in [-0.15, -0.1) is 11.8 Å². The number of ether oxygens (including phenoxy) is 1. The van der Waals surface area contributed by atoms with E-state index in [1.54, 1.807) is 0 Å². The first-order valence-electron chi connectivity index (χ1n) is 4.38. The summed E-state index contributed by atoms with van der Waals surface area (Å²) in [7, 11) is 2.16. The van der Waals surface area contributed by atoms with Gasteiger partial charge >= 0.3 is 0 Å². The summed E-state index contributed by atoms with van der Waals surface area (Å²) in [5.74, 6) is 1.20. The molecule has 12 heavy (non-hydrogen) atoms. The maximum Gasteiger partial charge on any atom is 0.0637 e. The van der Waals surface area contributed by atoms with Crippen molar-refractivity contribution in [1.82, 2.24) is 4.90 Å². The van der Waals surface area contributed by atoms with E-state index < -0.39 is 0 Å². The lowest BCUT2D eigenvalue weighted by molar-refractivity contribution is 0.0150. The van der Waals surface area contributed by atoms with Crippen molar-refractivity contribution in [1.29, 1.82) is 0 Å². The molecule has 2 aliphatic heterocycles. The van der Waals surface area contributed by atoms with Crippen LogP contribution in [0.15, 0.2) is 11.6 Å². The van der Waals surface area contributed by atoms with Crippen molar-refractivity contribution in [2.45, 2.75) is 18.4 Å². The van der Waals surface area contributed by atoms with E-state index >= 15 is 0 Å². The lowest BCUT2D eigenvalue weighted by atomic mass is 9.91. The second-order valence-corrected chi connectivity index (χ2v) is 4.63. The van der Waals surface area contributed by atoms with E-state index in [0.717, 1.165) is 26.1 Å². The SMILES string of the molecule is C=C1SCC2(CCOCC2)N1C. The molecule has 0 aromatic carbocycles. The molecule has 0 radical (unpaired) electrons. The Hall–Kier alpha value is -0.150. The summed E-state index contributed by atoms with van der Waals surface area (Å²) in [6.07, 6.45) is 2.32. The maximum atomic E-state index is 5.37. The van der Waals surface area contributed by atoms with Crippen molar-refractivity contribution < 1.29 is 4.74 Å². The van der Waals surface area contributed by atoms with Crippen LogP contribution < -0.4 is 0 Å². The van der Waals surface area contributed by atoms with Gasteiger partial charge in [-0.2, -0.15) is 0 Å². The summed E-state index contributed by atoms with van der Waals surface area (Å²) < 4.78 is 5.37. The Morgan fingerprint density at radius 2 is 2.17 bits per heavy atom. The Morgan fingerprint density at radius 3 is 2.67 bits per heavy atom. The molecule has 0 atom stereocenters. The van der Waals surface area contributed by atoms with Crippen LogP contribution in [0.4, 0.5) is 0 Å². The summed E-state index contributed by atoms with van der Waals surface area (Å²) in [4.78, 5) is 2.35. The lowest BCUT2D eigenvalue weighted by Crippen LogP contribution is -2.47. The van der Waals surface area contributed by atoms with Crippen molar-refractivity contribution in [3.63, 3.8) is 0 Å². The predicted molar refractivity (Wildman–Crippen MR) is 52.1 cm³/mol. The molecular formula is C9H15NOS. The van der Waals surface area contributed by atoms with Crippen LogP contribution in [-0.4, -0.2) is 36.5 Å². The summed E-state index contributed by atoms with van der Waals surface area (Å²) in [6, 6.07) is 0. The molecule has 0 bridgehead atoms. The van der Waals surface area contributed by atoms with E-state index in [-0.39, 0.29) is 0 Å². The van der Waals surface area contributed by atoms with Gasteiger partial charge in [-0.3, -0.25) is 0 Å². The van der Waals surface area contributed by atoms with Crippen LogP contribution >= 0.6 is 11.8 Å². The van der Waals surface area contributed by atoms with E-state index in [1.165, 1.54) is 10.8 Å². The summed E-state index contributed by atoms with van der Waals surface area (Å²) >= 11 is 1.89. The van der Waals surface area contributed by atoms with E-state index in [2.05, 4.69) is 18.5 Å². The largest absolute Gasteiger partial charge is 0.381 e. The van der Waals surface area contributed by atoms with Crippen molar-refractivity contribution >= 4 is 11.8 Å². The van der Waals surface area contributed by atoms with E-state index in [1.807, 2.05) is 11.8 Å². The van der Waals surface area contributed by atoms with Gasteiger partial charge in [-0.1, -0.05) is 6.58 Å². The number of rotatable bonds is 0. The molecule has 2 aliphatic rings. The fraction of sp³-hybridized carbons (Fsp3) is 0.778. The topological polar surface area (TPSA) is 12.5 Å². The lowest BCUT2D eigenvalue weighted by Gasteiger charge is -2.39. The molecule has 0 amide bonds. The fourth-order valence-electron chi connectivity index (χ4n) is 1.91. The molecule has 2 fully saturated rings. The van der Waals surface area contributed by atoms with Gasteiger partial charge in [-0.05, 0) is 12.8 Å². The fourth-order valence-corrected chi connectivity index (χ4v) is 3.21. The highest BCUT2D eigenvalue weighted by Gasteiger charge is 2.41. The minimum Gasteiger partial charge on any atom is -0.381 e. The molecule has 2 saturated heterocycles. The third-order valence-corrected chi connectivity index (χ3v) is 4.31. The van der Waals surface area contributed by atoms with Crippen molar-refractivity contribution in [2.75, 3.05) is 26.0 Å². The van der Waals surface area contributed by atoms with Crippen LogP contribution in [0.25, 0.3) is 0 Å². The van der Waals surface area contributed by atoms with Crippen LogP contribution in [0.5, 0.6) is 0 Å². The summed E-state index contributed by atoms with van der Waals surface area (Å²) in [5.41, 5.74) is 0.375. The Morgan fingerprint density at radius 1 is 1.50 bits per heavy atom. The number of hydrogen-bond acceptors (Lipinski definition) is 3. The highest BCUT2D eigenvalue weighted by Crippen LogP contribution is 2.42. The van der Waals surface area contributed by atoms with Gasteiger partial charge in [0.15, 0.2) is 0 Å². The zero-order chi connectivity index (χ0) is 8.60. The number of nitrogens with zero attached hydrogens (tertiary/aromatic N) is 1. The van der Waals surface area contributed by atoms with Crippen molar-refractivity contribution in [2.24, 2.45) is 0 Å². The van der Waals surface area contributed by atoms with E-state index in [4.69, 9.17) is 4.74 Å². The Kier molecular flexibility index (Phi) is 2.09. The molecule has 0 unspecified atom stereocenters. The molecule has 0 aromatic rings. The first kappa shape index (κ1) is 8.45. The van der Waals surface area contributed by atoms with Gasteiger partial charge in [0.1, 0.15) is 0 Å². The quantitative estimate of drug-likeness (QED) is 0.570. The minimum atomic E-state index is 0.375. The van der Waals surface area contributed by atoms with Gasteiger partial charge in [0.05, 0.1) is 10.6 Å². The molecule has 2 heterocycles. The molecule has 1 spiro atoms. The molecule has 0 aliphatic carbocycles. The van der Waals surface area contributed by atoms with Crippen LogP contribution in [-0.2, 0) is 4.74 Å². The van der Waals surface area contributed by atoms with Gasteiger partial charge in [0, 0.05) is 26.0 Å². The standard InChI is InChI=1S/C9H15NOS/c1-8-10(2)9(7-12-8)3-5-11-6-4-9/h1,3-7H2,2H3. The molecular weight excluding hydrogens is 170 g/mol. The van der Waals surface area contributed by atoms with E-state index in [9.17, 15) is 0 Å². The Balaban J connectivity index is 2.14. The average Bonchev–Trinajstić information content (AvgIpc) is 2.37. The van der Waals surface area contributed by atoms with Crippen molar-refractivity contribution in [3.05, 3.63) is 11.6 Å². The van der Waals surface area contributed by atoms with E-state index in [0.29, 0.717) is 5.54 Å². The van der Waals surface area contributed by atoms with Gasteiger partial charge in [-0.25, -0.2) is 0 Å². The molecule has 0 aromatic heterocycles. The monoisotopic (exact) mass is 185 g/mol. The molecule has 0 saturated carbocycles. The third kappa shape index (κ3) is 1.15. The van der Waals surface area contributed by atoms with Crippen LogP contribution in [0, 0.1) is 0 Å². The van der Waals surface area contributed by atoms with Gasteiger partial charge in [0.2, 0.25) is 0 Å². The first-order chi connectivity index (χ1) is 5.75. The van der Waals surface area contributed by atoms with Gasteiger partial charge < -0.3 is 9.64 Å². The molecule has 0 N–H and O–H groups in total. The van der Waals surface area contributed by atoms with Crippen LogP contribution in [0.3, 0.4) is 0 Å². The zero-order valence-electron chi connectivity index (χ0n) is 7.51. The molecule has 2 nitrogen and oxygen atoms in total. The Labute approximate surface area is 78.0 Å². The highest BCUT2D eigenvalue weighted by molar-refractivity contribution is 8.03. The summed E-state index contributed by atoms with van der Waals surface area (Å²) in [6.45, 7) is 5.86. The average molecular weight is 185 g/mol. The predicted octanol–water partition coefficient (Wildman–Crippen LogP) is 1.69. The Bertz CT molecular complexity index is 199. The molecule has 3 heteroatoms. The second-order valence-electron chi connectivity index (χ2n) is 3.58. The minimum absolute atomic E-state index is 0.375. The van der Waals surface area contributed by atoms with Gasteiger partial charge in [0.25, 0.3) is 0 Å². The zero-order valence-corrected chi connectivity index (χ0v) is 8.32. The van der Waals surface area contributed by atoms with Crippen LogP contribution in [0.1, 0.15) is 12.8 Å². The van der Waals surface area contributed by atoms with Crippen LogP contribution in [0.2, 0.25) is 0 Å². The third-order valence-electron chi connectivity index (χ3n) is 3.02. The number of hydrogen-bond donors (Lipinski definition) is 0. The first-order valence-corrected chi connectivity index (χ1v) is 5.36. The molecule has 68 valence electrons. The molecule has 2 rings (SSSR count). The highest BCUT2D eigenvalue weighted by atomic mass is 32.2. The summed E-state index contributed by atoms with van der Waals surface area (Å²) in [5, 5.41) is 1.22. The van der Waals surface area contributed by atoms with Crippen molar-refractivity contribution in [3.8, 4) is 0 Å². The normalized spacial score (nSPS) is 28.4. The second kappa shape index (κ2) is 2.96.